The van der Waals surface area contributed by atoms with Crippen LogP contribution in [-0.4, -0.2) is 25.7 Å². The van der Waals surface area contributed by atoms with Gasteiger partial charge >= 0.3 is 0 Å². The summed E-state index contributed by atoms with van der Waals surface area (Å²) in [5.74, 6) is 1.00. The smallest absolute Gasteiger partial charge is 0.220 e. The molecule has 24 heavy (non-hydrogen) atoms. The van der Waals surface area contributed by atoms with Gasteiger partial charge in [0.15, 0.2) is 0 Å². The summed E-state index contributed by atoms with van der Waals surface area (Å²) in [6.45, 7) is 1.23. The van der Waals surface area contributed by atoms with Crippen LogP contribution in [0.2, 0.25) is 0 Å². The van der Waals surface area contributed by atoms with Crippen molar-refractivity contribution < 1.29 is 18.7 Å². The Hall–Kier alpha value is -2.08. The van der Waals surface area contributed by atoms with Crippen molar-refractivity contribution in [3.05, 3.63) is 58.8 Å². The Morgan fingerprint density at radius 3 is 2.54 bits per heavy atom. The summed E-state index contributed by atoms with van der Waals surface area (Å²) in [6.07, 6.45) is 1.03. The van der Waals surface area contributed by atoms with Crippen LogP contribution < -0.4 is 14.8 Å². The average Bonchev–Trinajstić information content (AvgIpc) is 2.57. The standard InChI is InChI=1S/C18H19BrFNO3/c19-14-3-1-4-17(13-14)23-11-2-5-18(22)21-10-12-24-16-8-6-15(20)7-9-16/h1,3-4,6-9,13H,2,5,10-12H2,(H,21,22). The van der Waals surface area contributed by atoms with Crippen LogP contribution in [-0.2, 0) is 4.79 Å². The van der Waals surface area contributed by atoms with E-state index in [1.165, 1.54) is 12.1 Å². The van der Waals surface area contributed by atoms with Gasteiger partial charge in [0, 0.05) is 10.9 Å². The van der Waals surface area contributed by atoms with Gasteiger partial charge < -0.3 is 14.8 Å². The topological polar surface area (TPSA) is 47.6 Å². The lowest BCUT2D eigenvalue weighted by Crippen LogP contribution is -2.28. The Balaban J connectivity index is 1.53. The molecule has 0 heterocycles. The van der Waals surface area contributed by atoms with Crippen molar-refractivity contribution >= 4 is 21.8 Å². The third kappa shape index (κ3) is 7.00. The van der Waals surface area contributed by atoms with Crippen molar-refractivity contribution in [1.29, 1.82) is 0 Å². The molecule has 2 aromatic carbocycles. The third-order valence-electron chi connectivity index (χ3n) is 3.12. The fraction of sp³-hybridized carbons (Fsp3) is 0.278. The van der Waals surface area contributed by atoms with E-state index in [-0.39, 0.29) is 11.7 Å². The molecule has 6 heteroatoms. The van der Waals surface area contributed by atoms with Crippen molar-refractivity contribution in [3.63, 3.8) is 0 Å². The lowest BCUT2D eigenvalue weighted by atomic mass is 10.3. The van der Waals surface area contributed by atoms with E-state index in [1.54, 1.807) is 12.1 Å². The predicted octanol–water partition coefficient (Wildman–Crippen LogP) is 3.94. The minimum absolute atomic E-state index is 0.0458. The van der Waals surface area contributed by atoms with E-state index in [0.717, 1.165) is 10.2 Å². The molecule has 0 saturated heterocycles. The van der Waals surface area contributed by atoms with Crippen LogP contribution in [0, 0.1) is 5.82 Å². The molecule has 2 aromatic rings. The number of halogens is 2. The summed E-state index contributed by atoms with van der Waals surface area (Å²) in [6, 6.07) is 13.3. The Bertz CT molecular complexity index is 649. The van der Waals surface area contributed by atoms with Gasteiger partial charge in [0.1, 0.15) is 23.9 Å². The number of hydrogen-bond donors (Lipinski definition) is 1. The van der Waals surface area contributed by atoms with Gasteiger partial charge in [-0.15, -0.1) is 0 Å². The number of carbonyl (C=O) groups is 1. The van der Waals surface area contributed by atoms with Crippen LogP contribution in [0.4, 0.5) is 4.39 Å². The third-order valence-corrected chi connectivity index (χ3v) is 3.61. The van der Waals surface area contributed by atoms with Crippen molar-refractivity contribution in [2.45, 2.75) is 12.8 Å². The van der Waals surface area contributed by atoms with Gasteiger partial charge in [0.25, 0.3) is 0 Å². The molecule has 1 amide bonds. The van der Waals surface area contributed by atoms with E-state index in [4.69, 9.17) is 9.47 Å². The molecule has 0 aliphatic carbocycles. The van der Waals surface area contributed by atoms with E-state index in [0.29, 0.717) is 38.3 Å². The fourth-order valence-corrected chi connectivity index (χ4v) is 2.34. The predicted molar refractivity (Wildman–Crippen MR) is 93.8 cm³/mol. The number of amides is 1. The van der Waals surface area contributed by atoms with E-state index >= 15 is 0 Å². The van der Waals surface area contributed by atoms with E-state index in [1.807, 2.05) is 24.3 Å². The highest BCUT2D eigenvalue weighted by molar-refractivity contribution is 9.10. The second-order valence-electron chi connectivity index (χ2n) is 5.06. The minimum Gasteiger partial charge on any atom is -0.494 e. The first kappa shape index (κ1) is 18.3. The van der Waals surface area contributed by atoms with Crippen LogP contribution in [0.5, 0.6) is 11.5 Å². The summed E-state index contributed by atoms with van der Waals surface area (Å²) < 4.78 is 24.6. The molecular weight excluding hydrogens is 377 g/mol. The summed E-state index contributed by atoms with van der Waals surface area (Å²) >= 11 is 3.38. The number of hydrogen-bond acceptors (Lipinski definition) is 3. The Morgan fingerprint density at radius 2 is 1.79 bits per heavy atom. The Morgan fingerprint density at radius 1 is 1.04 bits per heavy atom. The highest BCUT2D eigenvalue weighted by Gasteiger charge is 2.02. The molecular formula is C18H19BrFNO3. The zero-order valence-electron chi connectivity index (χ0n) is 13.1. The monoisotopic (exact) mass is 395 g/mol. The van der Waals surface area contributed by atoms with Gasteiger partial charge in [0.2, 0.25) is 5.91 Å². The molecule has 0 radical (unpaired) electrons. The molecule has 1 N–H and O–H groups in total. The zero-order valence-corrected chi connectivity index (χ0v) is 14.7. The summed E-state index contributed by atoms with van der Waals surface area (Å²) in [7, 11) is 0. The van der Waals surface area contributed by atoms with Crippen LogP contribution in [0.3, 0.4) is 0 Å². The highest BCUT2D eigenvalue weighted by Crippen LogP contribution is 2.17. The second kappa shape index (κ2) is 9.93. The molecule has 0 atom stereocenters. The number of nitrogens with one attached hydrogen (secondary N) is 1. The first-order valence-corrected chi connectivity index (χ1v) is 8.46. The summed E-state index contributed by atoms with van der Waals surface area (Å²) in [4.78, 5) is 11.7. The quantitative estimate of drug-likeness (QED) is 0.654. The molecule has 0 bridgehead atoms. The van der Waals surface area contributed by atoms with Crippen LogP contribution in [0.1, 0.15) is 12.8 Å². The van der Waals surface area contributed by atoms with Gasteiger partial charge in [-0.1, -0.05) is 22.0 Å². The first-order chi connectivity index (χ1) is 11.6. The number of ether oxygens (including phenoxy) is 2. The van der Waals surface area contributed by atoms with Gasteiger partial charge in [-0.05, 0) is 48.9 Å². The van der Waals surface area contributed by atoms with E-state index in [2.05, 4.69) is 21.2 Å². The summed E-state index contributed by atoms with van der Waals surface area (Å²) in [5.41, 5.74) is 0. The van der Waals surface area contributed by atoms with Gasteiger partial charge in [-0.25, -0.2) is 4.39 Å². The first-order valence-electron chi connectivity index (χ1n) is 7.67. The van der Waals surface area contributed by atoms with Crippen LogP contribution >= 0.6 is 15.9 Å². The Labute approximate surface area is 149 Å². The molecule has 0 saturated carbocycles. The maximum Gasteiger partial charge on any atom is 0.220 e. The molecule has 2 rings (SSSR count). The van der Waals surface area contributed by atoms with E-state index < -0.39 is 0 Å². The molecule has 0 spiro atoms. The fourth-order valence-electron chi connectivity index (χ4n) is 1.96. The molecule has 0 aliphatic rings. The SMILES string of the molecule is O=C(CCCOc1cccc(Br)c1)NCCOc1ccc(F)cc1. The van der Waals surface area contributed by atoms with Crippen molar-refractivity contribution in [2.75, 3.05) is 19.8 Å². The molecule has 0 unspecified atom stereocenters. The minimum atomic E-state index is -0.305. The average molecular weight is 396 g/mol. The van der Waals surface area contributed by atoms with Gasteiger partial charge in [0.05, 0.1) is 13.2 Å². The second-order valence-corrected chi connectivity index (χ2v) is 5.98. The maximum atomic E-state index is 12.7. The van der Waals surface area contributed by atoms with E-state index in [9.17, 15) is 9.18 Å². The van der Waals surface area contributed by atoms with Crippen molar-refractivity contribution in [2.24, 2.45) is 0 Å². The molecule has 0 fully saturated rings. The van der Waals surface area contributed by atoms with Crippen LogP contribution in [0.25, 0.3) is 0 Å². The van der Waals surface area contributed by atoms with Crippen molar-refractivity contribution in [3.8, 4) is 11.5 Å². The van der Waals surface area contributed by atoms with Crippen molar-refractivity contribution in [1.82, 2.24) is 5.32 Å². The Kier molecular flexibility index (Phi) is 7.55. The largest absolute Gasteiger partial charge is 0.494 e. The number of rotatable bonds is 9. The maximum absolute atomic E-state index is 12.7. The zero-order chi connectivity index (χ0) is 17.2. The van der Waals surface area contributed by atoms with Gasteiger partial charge in [-0.3, -0.25) is 4.79 Å². The number of carbonyl (C=O) groups excluding carboxylic acids is 1. The highest BCUT2D eigenvalue weighted by atomic mass is 79.9. The van der Waals surface area contributed by atoms with Gasteiger partial charge in [-0.2, -0.15) is 0 Å². The molecule has 4 nitrogen and oxygen atoms in total. The molecule has 0 aliphatic heterocycles. The molecule has 128 valence electrons. The lowest BCUT2D eigenvalue weighted by Gasteiger charge is -2.08. The normalized spacial score (nSPS) is 10.2. The van der Waals surface area contributed by atoms with Crippen LogP contribution in [0.15, 0.2) is 53.0 Å². The summed E-state index contributed by atoms with van der Waals surface area (Å²) in [5, 5.41) is 2.77. The molecule has 0 aromatic heterocycles. The number of benzene rings is 2. The lowest BCUT2D eigenvalue weighted by molar-refractivity contribution is -0.121.